The van der Waals surface area contributed by atoms with Gasteiger partial charge in [0, 0.05) is 5.56 Å². The van der Waals surface area contributed by atoms with Crippen molar-refractivity contribution >= 4 is 33.3 Å². The molecule has 24 heavy (non-hydrogen) atoms. The van der Waals surface area contributed by atoms with E-state index in [1.807, 2.05) is 19.9 Å². The largest absolute Gasteiger partial charge is 0.507 e. The van der Waals surface area contributed by atoms with E-state index < -0.39 is 21.0 Å². The number of hydrogen-bond acceptors (Lipinski definition) is 5. The third-order valence-electron chi connectivity index (χ3n) is 3.76. The average Bonchev–Trinajstić information content (AvgIpc) is 2.53. The molecule has 0 spiro atoms. The highest BCUT2D eigenvalue weighted by atomic mass is 32.2. The summed E-state index contributed by atoms with van der Waals surface area (Å²) in [4.78, 5) is 13.5. The normalized spacial score (nSPS) is 19.6. The predicted octanol–water partition coefficient (Wildman–Crippen LogP) is 3.38. The Balaban J connectivity index is 2.42. The molecule has 128 valence electrons. The Morgan fingerprint density at radius 3 is 2.62 bits per heavy atom. The van der Waals surface area contributed by atoms with Crippen LogP contribution in [0.5, 0.6) is 0 Å². The summed E-state index contributed by atoms with van der Waals surface area (Å²) < 4.78 is 25.2. The van der Waals surface area contributed by atoms with Gasteiger partial charge in [0.25, 0.3) is 5.91 Å². The van der Waals surface area contributed by atoms with E-state index in [1.54, 1.807) is 12.1 Å². The maximum Gasteiger partial charge on any atom is 0.257 e. The predicted molar refractivity (Wildman–Crippen MR) is 96.9 cm³/mol. The van der Waals surface area contributed by atoms with Crippen LogP contribution in [0.15, 0.2) is 57.3 Å². The van der Waals surface area contributed by atoms with Gasteiger partial charge in [0.1, 0.15) is 5.76 Å². The van der Waals surface area contributed by atoms with Gasteiger partial charge in [-0.2, -0.15) is 0 Å². The molecular formula is C17H19NO4S2. The summed E-state index contributed by atoms with van der Waals surface area (Å²) in [5.41, 5.74) is -0.0303. The van der Waals surface area contributed by atoms with Crippen LogP contribution in [0.1, 0.15) is 26.3 Å². The molecule has 1 aromatic carbocycles. The number of rotatable bonds is 4. The minimum atomic E-state index is -3.74. The van der Waals surface area contributed by atoms with Gasteiger partial charge in [-0.05, 0) is 37.8 Å². The molecule has 1 aromatic rings. The first kappa shape index (κ1) is 18.4. The lowest BCUT2D eigenvalue weighted by atomic mass is 10.0. The van der Waals surface area contributed by atoms with E-state index in [2.05, 4.69) is 11.9 Å². The van der Waals surface area contributed by atoms with Crippen LogP contribution in [-0.2, 0) is 14.6 Å². The van der Waals surface area contributed by atoms with Crippen LogP contribution >= 0.6 is 11.8 Å². The van der Waals surface area contributed by atoms with Gasteiger partial charge in [-0.1, -0.05) is 36.5 Å². The van der Waals surface area contributed by atoms with E-state index in [9.17, 15) is 18.3 Å². The molecule has 1 heterocycles. The van der Waals surface area contributed by atoms with Gasteiger partial charge in [0.2, 0.25) is 0 Å². The SMILES string of the molecule is C=C(NC(=O)C1=C(O)c2ccccc2S(=O)(=O)C1C)S/C(C)=C\C. The quantitative estimate of drug-likeness (QED) is 0.855. The van der Waals surface area contributed by atoms with Crippen LogP contribution in [0.2, 0.25) is 0 Å². The van der Waals surface area contributed by atoms with E-state index >= 15 is 0 Å². The second-order valence-corrected chi connectivity index (χ2v) is 8.90. The Hall–Kier alpha value is -1.99. The van der Waals surface area contributed by atoms with Crippen LogP contribution < -0.4 is 5.32 Å². The number of carbonyl (C=O) groups is 1. The first-order valence-electron chi connectivity index (χ1n) is 7.27. The summed E-state index contributed by atoms with van der Waals surface area (Å²) in [7, 11) is -3.74. The summed E-state index contributed by atoms with van der Waals surface area (Å²) in [6.07, 6.45) is 1.86. The number of allylic oxidation sites excluding steroid dienone is 2. The van der Waals surface area contributed by atoms with Crippen molar-refractivity contribution in [2.24, 2.45) is 0 Å². The van der Waals surface area contributed by atoms with Gasteiger partial charge < -0.3 is 10.4 Å². The molecule has 1 amide bonds. The molecule has 0 radical (unpaired) electrons. The molecule has 1 unspecified atom stereocenters. The van der Waals surface area contributed by atoms with E-state index in [-0.39, 0.29) is 21.8 Å². The number of thioether (sulfide) groups is 1. The zero-order valence-corrected chi connectivity index (χ0v) is 15.3. The monoisotopic (exact) mass is 365 g/mol. The van der Waals surface area contributed by atoms with Crippen LogP contribution in [-0.4, -0.2) is 24.7 Å². The number of hydrogen-bond donors (Lipinski definition) is 2. The first-order chi connectivity index (χ1) is 11.2. The zero-order chi connectivity index (χ0) is 18.1. The van der Waals surface area contributed by atoms with Crippen LogP contribution in [0.25, 0.3) is 5.76 Å². The molecule has 1 aliphatic heterocycles. The fourth-order valence-corrected chi connectivity index (χ4v) is 4.66. The summed E-state index contributed by atoms with van der Waals surface area (Å²) in [5, 5.41) is 12.2. The highest BCUT2D eigenvalue weighted by molar-refractivity contribution is 8.06. The lowest BCUT2D eigenvalue weighted by Gasteiger charge is -2.25. The van der Waals surface area contributed by atoms with Crippen molar-refractivity contribution in [3.8, 4) is 0 Å². The Morgan fingerprint density at radius 2 is 2.00 bits per heavy atom. The molecule has 0 aromatic heterocycles. The number of aliphatic hydroxyl groups is 1. The number of aliphatic hydroxyl groups excluding tert-OH is 1. The minimum absolute atomic E-state index is 0.0320. The fraction of sp³-hybridized carbons (Fsp3) is 0.235. The summed E-state index contributed by atoms with van der Waals surface area (Å²) >= 11 is 1.26. The maximum atomic E-state index is 12.6. The van der Waals surface area contributed by atoms with Crippen molar-refractivity contribution in [2.75, 3.05) is 0 Å². The third kappa shape index (κ3) is 3.27. The van der Waals surface area contributed by atoms with E-state index in [0.717, 1.165) is 4.91 Å². The fourth-order valence-electron chi connectivity index (χ4n) is 2.36. The number of nitrogens with one attached hydrogen (secondary N) is 1. The van der Waals surface area contributed by atoms with Crippen molar-refractivity contribution in [3.63, 3.8) is 0 Å². The van der Waals surface area contributed by atoms with Gasteiger partial charge in [-0.25, -0.2) is 8.42 Å². The Kier molecular flexibility index (Phi) is 5.25. The Labute approximate surface area is 146 Å². The summed E-state index contributed by atoms with van der Waals surface area (Å²) in [6, 6.07) is 6.10. The van der Waals surface area contributed by atoms with Gasteiger partial charge in [-0.15, -0.1) is 0 Å². The zero-order valence-electron chi connectivity index (χ0n) is 13.7. The molecule has 1 aliphatic rings. The first-order valence-corrected chi connectivity index (χ1v) is 9.63. The summed E-state index contributed by atoms with van der Waals surface area (Å²) in [5.74, 6) is -0.981. The van der Waals surface area contributed by atoms with Crippen molar-refractivity contribution in [1.82, 2.24) is 5.32 Å². The molecule has 0 saturated heterocycles. The average molecular weight is 365 g/mol. The van der Waals surface area contributed by atoms with Crippen molar-refractivity contribution in [3.05, 3.63) is 58.0 Å². The van der Waals surface area contributed by atoms with Gasteiger partial charge in [-0.3, -0.25) is 4.79 Å². The van der Waals surface area contributed by atoms with Crippen LogP contribution in [0, 0.1) is 0 Å². The topological polar surface area (TPSA) is 83.5 Å². The standard InChI is InChI=1S/C17H19NO4S2/c1-5-10(2)23-12(4)18-17(20)15-11(3)24(21,22)14-9-7-6-8-13(14)16(15)19/h5-9,11,19H,4H2,1-3H3,(H,18,20)/b10-5-. The number of fused-ring (bicyclic) bond motifs is 1. The van der Waals surface area contributed by atoms with Crippen LogP contribution in [0.3, 0.4) is 0 Å². The number of benzene rings is 1. The number of carbonyl (C=O) groups excluding carboxylic acids is 1. The van der Waals surface area contributed by atoms with Crippen molar-refractivity contribution in [2.45, 2.75) is 30.9 Å². The Bertz CT molecular complexity index is 866. The summed E-state index contributed by atoms with van der Waals surface area (Å²) in [6.45, 7) is 8.86. The van der Waals surface area contributed by atoms with E-state index in [4.69, 9.17) is 0 Å². The molecule has 0 fully saturated rings. The third-order valence-corrected chi connectivity index (χ3v) is 6.81. The smallest absolute Gasteiger partial charge is 0.257 e. The molecule has 2 N–H and O–H groups in total. The minimum Gasteiger partial charge on any atom is -0.507 e. The molecule has 0 bridgehead atoms. The van der Waals surface area contributed by atoms with E-state index in [0.29, 0.717) is 5.03 Å². The molecular weight excluding hydrogens is 346 g/mol. The van der Waals surface area contributed by atoms with Gasteiger partial charge in [0.15, 0.2) is 9.84 Å². The van der Waals surface area contributed by atoms with E-state index in [1.165, 1.54) is 30.8 Å². The van der Waals surface area contributed by atoms with Gasteiger partial charge >= 0.3 is 0 Å². The lowest BCUT2D eigenvalue weighted by molar-refractivity contribution is -0.116. The second-order valence-electron chi connectivity index (χ2n) is 5.32. The molecule has 2 rings (SSSR count). The lowest BCUT2D eigenvalue weighted by Crippen LogP contribution is -2.35. The second kappa shape index (κ2) is 6.86. The highest BCUT2D eigenvalue weighted by Crippen LogP contribution is 2.36. The molecule has 5 nitrogen and oxygen atoms in total. The molecule has 1 atom stereocenters. The molecule has 0 saturated carbocycles. The van der Waals surface area contributed by atoms with Crippen molar-refractivity contribution < 1.29 is 18.3 Å². The maximum absolute atomic E-state index is 12.6. The molecule has 7 heteroatoms. The van der Waals surface area contributed by atoms with Crippen LogP contribution in [0.4, 0.5) is 0 Å². The van der Waals surface area contributed by atoms with Crippen molar-refractivity contribution in [1.29, 1.82) is 0 Å². The number of sulfone groups is 1. The highest BCUT2D eigenvalue weighted by Gasteiger charge is 2.39. The van der Waals surface area contributed by atoms with Gasteiger partial charge in [0.05, 0.1) is 20.7 Å². The number of amides is 1. The molecule has 0 aliphatic carbocycles. The Morgan fingerprint density at radius 1 is 1.38 bits per heavy atom.